The van der Waals surface area contributed by atoms with E-state index in [9.17, 15) is 6.85 Å². The lowest BCUT2D eigenvalue weighted by atomic mass is 9.67. The number of fused-ring (bicyclic) bond motifs is 3. The van der Waals surface area contributed by atoms with Crippen LogP contribution in [0.5, 0.6) is 0 Å². The molecule has 0 amide bonds. The highest BCUT2D eigenvalue weighted by Crippen LogP contribution is 2.57. The summed E-state index contributed by atoms with van der Waals surface area (Å²) in [5.74, 6) is 0. The molecule has 0 saturated carbocycles. The predicted octanol–water partition coefficient (Wildman–Crippen LogP) is 18.7. The lowest BCUT2D eigenvalue weighted by Crippen LogP contribution is -2.28. The van der Waals surface area contributed by atoms with E-state index in [2.05, 4.69) is 79.9 Å². The van der Waals surface area contributed by atoms with E-state index in [0.717, 1.165) is 66.8 Å². The van der Waals surface area contributed by atoms with Crippen LogP contribution >= 0.6 is 0 Å². The zero-order chi connectivity index (χ0) is 59.1. The smallest absolute Gasteiger partial charge is 0.0714 e. The van der Waals surface area contributed by atoms with Crippen molar-refractivity contribution in [3.8, 4) is 33.4 Å². The fraction of sp³-hybridized carbons (Fsp3) is 0.0145. The fourth-order valence-corrected chi connectivity index (χ4v) is 9.02. The van der Waals surface area contributed by atoms with Gasteiger partial charge in [0.25, 0.3) is 0 Å². The molecule has 0 spiro atoms. The summed E-state index contributed by atoms with van der Waals surface area (Å²) in [5, 5.41) is 0. The molecule has 1 nitrogen and oxygen atoms in total. The minimum atomic E-state index is -0.847. The molecule has 0 unspecified atom stereocenters. The zero-order valence-electron chi connectivity index (χ0n) is 51.3. The lowest BCUT2D eigenvalue weighted by Gasteiger charge is -2.35. The van der Waals surface area contributed by atoms with E-state index in [1.807, 2.05) is 127 Å². The average Bonchev–Trinajstić information content (AvgIpc) is 1.66. The maximum Gasteiger partial charge on any atom is 0.0714 e. The minimum absolute atomic E-state index is 0.146. The Hall–Kier alpha value is -9.04. The van der Waals surface area contributed by atoms with E-state index >= 15 is 0 Å². The third kappa shape index (κ3) is 9.17. The van der Waals surface area contributed by atoms with Gasteiger partial charge in [0.2, 0.25) is 0 Å². The number of allylic oxidation sites excluding steroid dienone is 12. The quantitative estimate of drug-likeness (QED) is 0.0823. The SMILES string of the molecule is [2H]C=C([2H])/C([2H])=C(/[2H])C(=C[2H])C(=C[2H])/C([2H])=C(/[2H])C(=C[2H])c1c([2H])c([2H])c(N(c2ccc(-c3ccc(-c4ccc(/C=C\C=C)c(/C=C\C=C)c4)cc3)cc2)c2ccc3c(c2)C(c2ccccc2)(c2ccccc2)c2ccccc2-3)c([2H])c1[2H]. The second-order valence-electron chi connectivity index (χ2n) is 16.4. The molecular formula is C69H55N. The third-order valence-electron chi connectivity index (χ3n) is 12.3. The van der Waals surface area contributed by atoms with Crippen LogP contribution in [-0.2, 0) is 5.41 Å². The Balaban J connectivity index is 1.22. The van der Waals surface area contributed by atoms with Crippen molar-refractivity contribution < 1.29 is 17.8 Å². The van der Waals surface area contributed by atoms with E-state index in [4.69, 9.17) is 11.0 Å². The number of anilines is 3. The van der Waals surface area contributed by atoms with Gasteiger partial charge in [0.05, 0.1) is 23.2 Å². The first-order valence-corrected chi connectivity index (χ1v) is 22.6. The Bertz CT molecular complexity index is 4000. The molecule has 8 aromatic carbocycles. The highest BCUT2D eigenvalue weighted by molar-refractivity contribution is 5.90. The first kappa shape index (κ1) is 32.6. The predicted molar refractivity (Wildman–Crippen MR) is 304 cm³/mol. The Morgan fingerprint density at radius 1 is 0.500 bits per heavy atom. The molecule has 0 aromatic heterocycles. The summed E-state index contributed by atoms with van der Waals surface area (Å²) < 4.78 is 114. The van der Waals surface area contributed by atoms with Crippen molar-refractivity contribution in [1.82, 2.24) is 0 Å². The highest BCUT2D eigenvalue weighted by Gasteiger charge is 2.46. The molecular weight excluding hydrogens is 843 g/mol. The summed E-state index contributed by atoms with van der Waals surface area (Å²) in [6, 6.07) is 50.5. The van der Waals surface area contributed by atoms with Gasteiger partial charge in [-0.3, -0.25) is 0 Å². The van der Waals surface area contributed by atoms with Gasteiger partial charge in [0.1, 0.15) is 0 Å². The van der Waals surface area contributed by atoms with Crippen LogP contribution < -0.4 is 4.90 Å². The van der Waals surface area contributed by atoms with E-state index in [0.29, 0.717) is 37.6 Å². The molecule has 8 aromatic rings. The van der Waals surface area contributed by atoms with Crippen LogP contribution in [0.2, 0.25) is 0 Å². The van der Waals surface area contributed by atoms with E-state index in [-0.39, 0.29) is 5.69 Å². The number of hydrogen-bond acceptors (Lipinski definition) is 1. The largest absolute Gasteiger partial charge is 0.310 e. The second kappa shape index (κ2) is 20.9. The van der Waals surface area contributed by atoms with Gasteiger partial charge in [-0.2, -0.15) is 0 Å². The lowest BCUT2D eigenvalue weighted by molar-refractivity contribution is 0.768. The van der Waals surface area contributed by atoms with E-state index in [1.165, 1.54) is 0 Å². The van der Waals surface area contributed by atoms with Crippen molar-refractivity contribution in [2.75, 3.05) is 4.90 Å². The third-order valence-corrected chi connectivity index (χ3v) is 12.3. The van der Waals surface area contributed by atoms with Crippen LogP contribution in [0, 0.1) is 0 Å². The van der Waals surface area contributed by atoms with Crippen molar-refractivity contribution in [2.45, 2.75) is 5.41 Å². The average molecular weight is 911 g/mol. The van der Waals surface area contributed by atoms with Crippen LogP contribution in [0.25, 0.3) is 51.1 Å². The molecule has 336 valence electrons. The number of hydrogen-bond donors (Lipinski definition) is 0. The van der Waals surface area contributed by atoms with Crippen LogP contribution in [0.3, 0.4) is 0 Å². The van der Waals surface area contributed by atoms with Crippen LogP contribution in [0.4, 0.5) is 17.1 Å². The normalized spacial score (nSPS) is 16.9. The molecule has 0 fully saturated rings. The summed E-state index contributed by atoms with van der Waals surface area (Å²) in [6.07, 6.45) is 11.3. The van der Waals surface area contributed by atoms with Crippen molar-refractivity contribution in [1.29, 1.82) is 0 Å². The molecule has 0 atom stereocenters. The Morgan fingerprint density at radius 3 is 1.71 bits per heavy atom. The van der Waals surface area contributed by atoms with Crippen LogP contribution in [-0.4, -0.2) is 0 Å². The van der Waals surface area contributed by atoms with Crippen molar-refractivity contribution >= 4 is 34.8 Å². The van der Waals surface area contributed by atoms with Crippen LogP contribution in [0.15, 0.2) is 299 Å². The molecule has 70 heavy (non-hydrogen) atoms. The summed E-state index contributed by atoms with van der Waals surface area (Å²) in [6.45, 7) is 9.94. The number of rotatable bonds is 17. The van der Waals surface area contributed by atoms with E-state index in [1.54, 1.807) is 17.1 Å². The maximum absolute atomic E-state index is 9.84. The second-order valence-corrected chi connectivity index (χ2v) is 16.4. The molecule has 0 saturated heterocycles. The Morgan fingerprint density at radius 2 is 1.07 bits per heavy atom. The van der Waals surface area contributed by atoms with Gasteiger partial charge < -0.3 is 4.90 Å². The van der Waals surface area contributed by atoms with Gasteiger partial charge in [0.15, 0.2) is 0 Å². The van der Waals surface area contributed by atoms with Crippen molar-refractivity contribution in [3.63, 3.8) is 0 Å². The summed E-state index contributed by atoms with van der Waals surface area (Å²) >= 11 is 0. The molecule has 0 radical (unpaired) electrons. The molecule has 1 heteroatoms. The summed E-state index contributed by atoms with van der Waals surface area (Å²) in [7, 11) is 0. The minimum Gasteiger partial charge on any atom is -0.310 e. The molecule has 0 heterocycles. The van der Waals surface area contributed by atoms with Crippen molar-refractivity contribution in [3.05, 3.63) is 338 Å². The first-order chi connectivity index (χ1) is 40.2. The van der Waals surface area contributed by atoms with Gasteiger partial charge in [-0.15, -0.1) is 0 Å². The van der Waals surface area contributed by atoms with Crippen molar-refractivity contribution in [2.24, 2.45) is 0 Å². The standard InChI is InChI=1S/C69H55N/c1-7-10-21-50(4)51(5)30-31-52(6)53-38-42-62(43-39-53)70(63-44-40-56(41-45-63)55-32-34-57(35-33-55)59-37-36-54(22-11-8-2)58(48-59)23-12-9-3)64-46-47-66-65-28-19-20-29-67(65)69(68(66)49-64,60-24-15-13-16-25-60)61-26-17-14-18-27-61/h7-49H,1-6H2/b21-10-,22-11-,23-12-,31-30-/i1D,4D,5D,6D,7D,10D,21D,30D,31D,38D,39D,42D,43D/b7-1?,21-10-,22-11-,23-12-,31-30-,50-4?,51-5?,52-6?. The van der Waals surface area contributed by atoms with E-state index < -0.39 is 82.1 Å². The van der Waals surface area contributed by atoms with Crippen LogP contribution in [0.1, 0.15) is 56.8 Å². The van der Waals surface area contributed by atoms with Gasteiger partial charge in [0, 0.05) is 17.1 Å². The van der Waals surface area contributed by atoms with Gasteiger partial charge in [-0.1, -0.05) is 258 Å². The maximum atomic E-state index is 9.84. The monoisotopic (exact) mass is 911 g/mol. The number of nitrogens with zero attached hydrogens (tertiary/aromatic N) is 1. The summed E-state index contributed by atoms with van der Waals surface area (Å²) in [5.41, 5.74) is 9.80. The number of benzene rings is 8. The highest BCUT2D eigenvalue weighted by atomic mass is 15.1. The Kier molecular flexibility index (Phi) is 9.72. The van der Waals surface area contributed by atoms with Gasteiger partial charge in [-0.05, 0) is 131 Å². The molecule has 0 bridgehead atoms. The topological polar surface area (TPSA) is 3.24 Å². The molecule has 1 aliphatic carbocycles. The zero-order valence-corrected chi connectivity index (χ0v) is 38.3. The summed E-state index contributed by atoms with van der Waals surface area (Å²) in [4.78, 5) is 1.68. The molecule has 1 aliphatic rings. The molecule has 9 rings (SSSR count). The van der Waals surface area contributed by atoms with Gasteiger partial charge in [-0.25, -0.2) is 0 Å². The fourth-order valence-electron chi connectivity index (χ4n) is 9.02. The Labute approximate surface area is 433 Å². The van der Waals surface area contributed by atoms with Gasteiger partial charge >= 0.3 is 0 Å². The first-order valence-electron chi connectivity index (χ1n) is 29.4. The molecule has 0 N–H and O–H groups in total. The molecule has 0 aliphatic heterocycles.